The molecule has 2 amide bonds. The third-order valence-corrected chi connectivity index (χ3v) is 5.54. The van der Waals surface area contributed by atoms with Crippen LogP contribution in [-0.2, 0) is 4.79 Å². The van der Waals surface area contributed by atoms with Crippen LogP contribution >= 0.6 is 0 Å². The molecule has 1 saturated heterocycles. The normalized spacial score (nSPS) is 14.5. The summed E-state index contributed by atoms with van der Waals surface area (Å²) in [4.78, 5) is 37.6. The fraction of sp³-hybridized carbons (Fsp3) is 0.304. The predicted octanol–water partition coefficient (Wildman–Crippen LogP) is 2.28. The molecule has 0 spiro atoms. The number of amides is 2. The SMILES string of the molecule is Cc1cccc(C)c1NC(=O)CN1CCN(C(=O)c2ccc(-n3ccnc3)nc2)CC1. The number of pyridine rings is 1. The van der Waals surface area contributed by atoms with Crippen LogP contribution in [0.2, 0.25) is 0 Å². The third-order valence-electron chi connectivity index (χ3n) is 5.54. The summed E-state index contributed by atoms with van der Waals surface area (Å²) in [6.07, 6.45) is 6.75. The maximum atomic E-state index is 12.8. The van der Waals surface area contributed by atoms with E-state index in [1.54, 1.807) is 35.6 Å². The van der Waals surface area contributed by atoms with Crippen molar-refractivity contribution in [2.24, 2.45) is 0 Å². The Labute approximate surface area is 181 Å². The molecule has 1 fully saturated rings. The molecule has 0 saturated carbocycles. The van der Waals surface area contributed by atoms with Crippen molar-refractivity contribution in [1.82, 2.24) is 24.3 Å². The number of anilines is 1. The van der Waals surface area contributed by atoms with Crippen LogP contribution in [-0.4, -0.2) is 68.9 Å². The van der Waals surface area contributed by atoms with Gasteiger partial charge in [-0.15, -0.1) is 0 Å². The quantitative estimate of drug-likeness (QED) is 0.687. The molecule has 3 heterocycles. The van der Waals surface area contributed by atoms with E-state index in [1.807, 2.05) is 43.0 Å². The fourth-order valence-electron chi connectivity index (χ4n) is 3.75. The number of aromatic nitrogens is 3. The molecule has 8 nitrogen and oxygen atoms in total. The van der Waals surface area contributed by atoms with E-state index in [4.69, 9.17) is 0 Å². The van der Waals surface area contributed by atoms with Crippen molar-refractivity contribution in [3.05, 3.63) is 71.9 Å². The number of hydrogen-bond acceptors (Lipinski definition) is 5. The number of carbonyl (C=O) groups is 2. The van der Waals surface area contributed by atoms with Gasteiger partial charge in [-0.2, -0.15) is 0 Å². The summed E-state index contributed by atoms with van der Waals surface area (Å²) in [6, 6.07) is 9.56. The third kappa shape index (κ3) is 4.80. The first-order valence-electron chi connectivity index (χ1n) is 10.3. The molecule has 0 aliphatic carbocycles. The maximum absolute atomic E-state index is 12.8. The van der Waals surface area contributed by atoms with Gasteiger partial charge in [0.05, 0.1) is 12.1 Å². The van der Waals surface area contributed by atoms with Crippen LogP contribution in [0.4, 0.5) is 5.69 Å². The van der Waals surface area contributed by atoms with Crippen LogP contribution in [0.3, 0.4) is 0 Å². The van der Waals surface area contributed by atoms with Gasteiger partial charge >= 0.3 is 0 Å². The van der Waals surface area contributed by atoms with Gasteiger partial charge in [0.25, 0.3) is 5.91 Å². The maximum Gasteiger partial charge on any atom is 0.255 e. The van der Waals surface area contributed by atoms with Crippen molar-refractivity contribution in [1.29, 1.82) is 0 Å². The zero-order valence-corrected chi connectivity index (χ0v) is 17.8. The molecule has 2 aromatic heterocycles. The Morgan fingerprint density at radius 1 is 1.03 bits per heavy atom. The van der Waals surface area contributed by atoms with Gasteiger partial charge in [0, 0.05) is 50.5 Å². The van der Waals surface area contributed by atoms with Gasteiger partial charge in [-0.3, -0.25) is 19.1 Å². The number of piperazine rings is 1. The first-order valence-corrected chi connectivity index (χ1v) is 10.3. The summed E-state index contributed by atoms with van der Waals surface area (Å²) >= 11 is 0. The minimum absolute atomic E-state index is 0.0310. The molecule has 0 radical (unpaired) electrons. The largest absolute Gasteiger partial charge is 0.336 e. The van der Waals surface area contributed by atoms with Crippen LogP contribution in [0.5, 0.6) is 0 Å². The van der Waals surface area contributed by atoms with E-state index < -0.39 is 0 Å². The number of benzene rings is 1. The van der Waals surface area contributed by atoms with Gasteiger partial charge in [-0.05, 0) is 37.1 Å². The van der Waals surface area contributed by atoms with Crippen molar-refractivity contribution in [3.8, 4) is 5.82 Å². The Hall–Kier alpha value is -3.52. The zero-order chi connectivity index (χ0) is 21.8. The standard InChI is InChI=1S/C23H26N6O2/c1-17-4-3-5-18(2)22(17)26-21(30)15-27-10-12-28(13-11-27)23(31)19-6-7-20(25-14-19)29-9-8-24-16-29/h3-9,14,16H,10-13,15H2,1-2H3,(H,26,30). The summed E-state index contributed by atoms with van der Waals surface area (Å²) in [5, 5.41) is 3.03. The molecule has 0 unspecified atom stereocenters. The second-order valence-corrected chi connectivity index (χ2v) is 7.76. The molecule has 1 aromatic carbocycles. The molecule has 0 atom stereocenters. The second kappa shape index (κ2) is 9.09. The number of carbonyl (C=O) groups excluding carboxylic acids is 2. The first kappa shape index (κ1) is 20.7. The van der Waals surface area contributed by atoms with E-state index in [1.165, 1.54) is 0 Å². The monoisotopic (exact) mass is 418 g/mol. The van der Waals surface area contributed by atoms with E-state index in [2.05, 4.69) is 20.2 Å². The smallest absolute Gasteiger partial charge is 0.255 e. The molecular weight excluding hydrogens is 392 g/mol. The highest BCUT2D eigenvalue weighted by molar-refractivity contribution is 5.94. The highest BCUT2D eigenvalue weighted by Crippen LogP contribution is 2.19. The van der Waals surface area contributed by atoms with Crippen molar-refractivity contribution in [3.63, 3.8) is 0 Å². The number of hydrogen-bond donors (Lipinski definition) is 1. The van der Waals surface area contributed by atoms with Gasteiger partial charge in [0.15, 0.2) is 0 Å². The molecule has 4 rings (SSSR count). The Bertz CT molecular complexity index is 1030. The minimum atomic E-state index is -0.0377. The average Bonchev–Trinajstić information content (AvgIpc) is 3.32. The van der Waals surface area contributed by atoms with Crippen LogP contribution in [0.15, 0.2) is 55.2 Å². The molecular formula is C23H26N6O2. The molecule has 8 heteroatoms. The highest BCUT2D eigenvalue weighted by atomic mass is 16.2. The van der Waals surface area contributed by atoms with E-state index in [0.717, 1.165) is 16.8 Å². The van der Waals surface area contributed by atoms with Crippen molar-refractivity contribution in [2.75, 3.05) is 38.0 Å². The Kier molecular flexibility index (Phi) is 6.08. The van der Waals surface area contributed by atoms with Crippen LogP contribution < -0.4 is 5.32 Å². The lowest BCUT2D eigenvalue weighted by atomic mass is 10.1. The first-order chi connectivity index (χ1) is 15.0. The predicted molar refractivity (Wildman–Crippen MR) is 118 cm³/mol. The lowest BCUT2D eigenvalue weighted by Gasteiger charge is -2.34. The Morgan fingerprint density at radius 2 is 1.77 bits per heavy atom. The molecule has 1 aliphatic rings. The number of rotatable bonds is 5. The Morgan fingerprint density at radius 3 is 2.39 bits per heavy atom. The average molecular weight is 419 g/mol. The summed E-state index contributed by atoms with van der Waals surface area (Å²) < 4.78 is 1.79. The highest BCUT2D eigenvalue weighted by Gasteiger charge is 2.23. The summed E-state index contributed by atoms with van der Waals surface area (Å²) in [7, 11) is 0. The molecule has 31 heavy (non-hydrogen) atoms. The van der Waals surface area contributed by atoms with Crippen LogP contribution in [0, 0.1) is 13.8 Å². The fourth-order valence-corrected chi connectivity index (χ4v) is 3.75. The van der Waals surface area contributed by atoms with Gasteiger partial charge in [0.1, 0.15) is 12.1 Å². The van der Waals surface area contributed by atoms with Crippen LogP contribution in [0.1, 0.15) is 21.5 Å². The van der Waals surface area contributed by atoms with Crippen molar-refractivity contribution in [2.45, 2.75) is 13.8 Å². The summed E-state index contributed by atoms with van der Waals surface area (Å²) in [5.74, 6) is 0.648. The van der Waals surface area contributed by atoms with E-state index >= 15 is 0 Å². The van der Waals surface area contributed by atoms with Crippen molar-refractivity contribution >= 4 is 17.5 Å². The van der Waals surface area contributed by atoms with Crippen molar-refractivity contribution < 1.29 is 9.59 Å². The summed E-state index contributed by atoms with van der Waals surface area (Å²) in [6.45, 7) is 6.78. The zero-order valence-electron chi connectivity index (χ0n) is 17.8. The van der Waals surface area contributed by atoms with Gasteiger partial charge in [0.2, 0.25) is 5.91 Å². The lowest BCUT2D eigenvalue weighted by Crippen LogP contribution is -2.50. The van der Waals surface area contributed by atoms with E-state index in [-0.39, 0.29) is 11.8 Å². The Balaban J connectivity index is 1.29. The van der Waals surface area contributed by atoms with Gasteiger partial charge in [-0.1, -0.05) is 18.2 Å². The van der Waals surface area contributed by atoms with E-state index in [9.17, 15) is 9.59 Å². The molecule has 0 bridgehead atoms. The number of nitrogens with zero attached hydrogens (tertiary/aromatic N) is 5. The minimum Gasteiger partial charge on any atom is -0.336 e. The molecule has 160 valence electrons. The topological polar surface area (TPSA) is 83.4 Å². The number of aryl methyl sites for hydroxylation is 2. The number of imidazole rings is 1. The van der Waals surface area contributed by atoms with Crippen LogP contribution in [0.25, 0.3) is 5.82 Å². The lowest BCUT2D eigenvalue weighted by molar-refractivity contribution is -0.117. The van der Waals surface area contributed by atoms with E-state index in [0.29, 0.717) is 44.1 Å². The molecule has 3 aromatic rings. The van der Waals surface area contributed by atoms with Gasteiger partial charge in [-0.25, -0.2) is 9.97 Å². The summed E-state index contributed by atoms with van der Waals surface area (Å²) in [5.41, 5.74) is 3.55. The molecule has 1 N–H and O–H groups in total. The number of para-hydroxylation sites is 1. The second-order valence-electron chi connectivity index (χ2n) is 7.76. The van der Waals surface area contributed by atoms with Gasteiger partial charge < -0.3 is 10.2 Å². The number of nitrogens with one attached hydrogen (secondary N) is 1. The molecule has 1 aliphatic heterocycles.